The Balaban J connectivity index is 0.846. The second kappa shape index (κ2) is 17.7. The van der Waals surface area contributed by atoms with Gasteiger partial charge in [-0.05, 0) is 43.5 Å². The molecule has 2 N–H and O–H groups in total. The molecular formula is C35H40N4O11. The molecule has 7 amide bonds. The van der Waals surface area contributed by atoms with Crippen molar-refractivity contribution >= 4 is 47.0 Å². The Morgan fingerprint density at radius 3 is 1.92 bits per heavy atom. The molecule has 1 unspecified atom stereocenters. The number of benzene rings is 2. The molecule has 1 atom stereocenters. The molecule has 0 aromatic heterocycles. The Kier molecular flexibility index (Phi) is 12.9. The Morgan fingerprint density at radius 2 is 1.28 bits per heavy atom. The van der Waals surface area contributed by atoms with Crippen molar-refractivity contribution in [2.45, 2.75) is 44.6 Å². The minimum Gasteiger partial charge on any atom is -0.379 e. The number of nitrogens with zero attached hydrogens (tertiary/aromatic N) is 2. The Hall–Kier alpha value is -4.83. The highest BCUT2D eigenvalue weighted by Gasteiger charge is 2.45. The summed E-state index contributed by atoms with van der Waals surface area (Å²) < 4.78 is 22.0. The Labute approximate surface area is 288 Å². The summed E-state index contributed by atoms with van der Waals surface area (Å²) in [5.74, 6) is -3.36. The van der Waals surface area contributed by atoms with Crippen LogP contribution in [0.5, 0.6) is 0 Å². The lowest BCUT2D eigenvalue weighted by atomic mass is 10.0. The number of rotatable bonds is 20. The van der Waals surface area contributed by atoms with E-state index in [0.29, 0.717) is 63.8 Å². The summed E-state index contributed by atoms with van der Waals surface area (Å²) in [6.45, 7) is 3.22. The minimum atomic E-state index is -1.08. The van der Waals surface area contributed by atoms with Crippen molar-refractivity contribution in [3.8, 4) is 0 Å². The average molecular weight is 693 g/mol. The number of carbonyl (C=O) groups is 7. The fraction of sp³-hybridized carbons (Fsp3) is 0.457. The van der Waals surface area contributed by atoms with Crippen molar-refractivity contribution in [3.63, 3.8) is 0 Å². The van der Waals surface area contributed by atoms with E-state index >= 15 is 0 Å². The van der Waals surface area contributed by atoms with E-state index in [1.54, 1.807) is 36.4 Å². The number of amides is 7. The normalized spacial score (nSPS) is 17.0. The largest absolute Gasteiger partial charge is 0.379 e. The molecule has 0 aliphatic carbocycles. The molecule has 3 heterocycles. The van der Waals surface area contributed by atoms with Crippen molar-refractivity contribution < 1.29 is 52.5 Å². The van der Waals surface area contributed by atoms with E-state index in [0.717, 1.165) is 17.7 Å². The van der Waals surface area contributed by atoms with E-state index in [9.17, 15) is 33.6 Å². The predicted octanol–water partition coefficient (Wildman–Crippen LogP) is 1.95. The predicted molar refractivity (Wildman–Crippen MR) is 175 cm³/mol. The van der Waals surface area contributed by atoms with Gasteiger partial charge in [-0.15, -0.1) is 0 Å². The monoisotopic (exact) mass is 692 g/mol. The molecule has 266 valence electrons. The van der Waals surface area contributed by atoms with Crippen LogP contribution in [0.2, 0.25) is 0 Å². The molecule has 3 aliphatic heterocycles. The third-order valence-electron chi connectivity index (χ3n) is 8.39. The van der Waals surface area contributed by atoms with Crippen molar-refractivity contribution in [2.75, 3.05) is 64.7 Å². The van der Waals surface area contributed by atoms with Crippen LogP contribution in [0, 0.1) is 0 Å². The molecule has 50 heavy (non-hydrogen) atoms. The molecule has 15 heteroatoms. The van der Waals surface area contributed by atoms with E-state index in [4.69, 9.17) is 18.9 Å². The maximum absolute atomic E-state index is 13.2. The standard InChI is InChI=1S/C35H40N4O11/c40-28(36-26-10-6-9-25-30(26)35(46)39(34(25)45)27-12-13-29(41)37-31(27)42)11-2-1-5-15-47-17-19-49-21-22-50-20-18-48-16-14-38-32(43)23-7-3-4-8-24(23)33(38)44/h3-4,6-10,27H,1-2,5,11-22H2,(H,36,40)(H,37,41,42). The molecule has 0 spiro atoms. The molecular weight excluding hydrogens is 652 g/mol. The quantitative estimate of drug-likeness (QED) is 0.153. The number of carbonyl (C=O) groups excluding carboxylic acids is 7. The van der Waals surface area contributed by atoms with Gasteiger partial charge < -0.3 is 24.3 Å². The highest BCUT2D eigenvalue weighted by Crippen LogP contribution is 2.32. The molecule has 1 saturated heterocycles. The van der Waals surface area contributed by atoms with Crippen LogP contribution < -0.4 is 10.6 Å². The van der Waals surface area contributed by atoms with E-state index in [1.165, 1.54) is 11.0 Å². The van der Waals surface area contributed by atoms with E-state index < -0.39 is 29.7 Å². The minimum absolute atomic E-state index is 0.0231. The molecule has 5 rings (SSSR count). The summed E-state index contributed by atoms with van der Waals surface area (Å²) in [6.07, 6.45) is 2.38. The van der Waals surface area contributed by atoms with Crippen LogP contribution in [0.15, 0.2) is 42.5 Å². The first kappa shape index (κ1) is 36.5. The zero-order valence-corrected chi connectivity index (χ0v) is 27.6. The first-order chi connectivity index (χ1) is 24.3. The van der Waals surface area contributed by atoms with Crippen molar-refractivity contribution in [2.24, 2.45) is 0 Å². The van der Waals surface area contributed by atoms with Crippen LogP contribution >= 0.6 is 0 Å². The number of piperidine rings is 1. The zero-order chi connectivity index (χ0) is 35.5. The molecule has 2 aromatic rings. The topological polar surface area (TPSA) is 187 Å². The molecule has 1 fully saturated rings. The molecule has 0 saturated carbocycles. The first-order valence-electron chi connectivity index (χ1n) is 16.7. The van der Waals surface area contributed by atoms with Crippen LogP contribution in [-0.4, -0.2) is 117 Å². The lowest BCUT2D eigenvalue weighted by molar-refractivity contribution is -0.136. The van der Waals surface area contributed by atoms with Crippen molar-refractivity contribution in [3.05, 3.63) is 64.7 Å². The summed E-state index contributed by atoms with van der Waals surface area (Å²) >= 11 is 0. The van der Waals surface area contributed by atoms with Crippen LogP contribution in [0.3, 0.4) is 0 Å². The Bertz CT molecular complexity index is 1590. The highest BCUT2D eigenvalue weighted by atomic mass is 16.6. The molecule has 0 bridgehead atoms. The van der Waals surface area contributed by atoms with E-state index in [2.05, 4.69) is 10.6 Å². The van der Waals surface area contributed by atoms with Gasteiger partial charge in [0.05, 0.1) is 80.7 Å². The van der Waals surface area contributed by atoms with Crippen LogP contribution in [-0.2, 0) is 33.3 Å². The third kappa shape index (κ3) is 8.84. The zero-order valence-electron chi connectivity index (χ0n) is 27.6. The van der Waals surface area contributed by atoms with Gasteiger partial charge in [0.1, 0.15) is 6.04 Å². The van der Waals surface area contributed by atoms with Crippen LogP contribution in [0.1, 0.15) is 80.0 Å². The number of fused-ring (bicyclic) bond motifs is 2. The fourth-order valence-corrected chi connectivity index (χ4v) is 5.86. The number of hydrogen-bond acceptors (Lipinski definition) is 11. The van der Waals surface area contributed by atoms with Gasteiger partial charge in [-0.3, -0.25) is 48.7 Å². The number of ether oxygens (including phenoxy) is 4. The van der Waals surface area contributed by atoms with Gasteiger partial charge in [0.25, 0.3) is 23.6 Å². The molecule has 3 aliphatic rings. The summed E-state index contributed by atoms with van der Waals surface area (Å²) in [5.41, 5.74) is 1.19. The number of nitrogens with one attached hydrogen (secondary N) is 2. The SMILES string of the molecule is O=C1CCC(N2C(=O)c3cccc(NC(=O)CCCCCOCCOCCOCCOCCN4C(=O)c5ccccc5C4=O)c3C2=O)C(=O)N1. The average Bonchev–Trinajstić information content (AvgIpc) is 3.50. The van der Waals surface area contributed by atoms with Crippen LogP contribution in [0.25, 0.3) is 0 Å². The van der Waals surface area contributed by atoms with Gasteiger partial charge in [-0.2, -0.15) is 0 Å². The van der Waals surface area contributed by atoms with Crippen molar-refractivity contribution in [1.82, 2.24) is 15.1 Å². The lowest BCUT2D eigenvalue weighted by Crippen LogP contribution is -2.54. The molecule has 0 radical (unpaired) electrons. The van der Waals surface area contributed by atoms with Gasteiger partial charge in [-0.25, -0.2) is 0 Å². The van der Waals surface area contributed by atoms with Crippen molar-refractivity contribution in [1.29, 1.82) is 0 Å². The summed E-state index contributed by atoms with van der Waals surface area (Å²) in [5, 5.41) is 4.88. The van der Waals surface area contributed by atoms with Gasteiger partial charge in [0, 0.05) is 19.4 Å². The lowest BCUT2D eigenvalue weighted by Gasteiger charge is -2.27. The fourth-order valence-electron chi connectivity index (χ4n) is 5.86. The summed E-state index contributed by atoms with van der Waals surface area (Å²) in [4.78, 5) is 89.3. The smallest absolute Gasteiger partial charge is 0.264 e. The summed E-state index contributed by atoms with van der Waals surface area (Å²) in [7, 11) is 0. The second-order valence-electron chi connectivity index (χ2n) is 11.8. The second-order valence-corrected chi connectivity index (χ2v) is 11.8. The number of anilines is 1. The summed E-state index contributed by atoms with van der Waals surface area (Å²) in [6, 6.07) is 10.2. The first-order valence-corrected chi connectivity index (χ1v) is 16.7. The number of imide groups is 3. The van der Waals surface area contributed by atoms with Gasteiger partial charge in [0.2, 0.25) is 17.7 Å². The van der Waals surface area contributed by atoms with Gasteiger partial charge in [-0.1, -0.05) is 24.6 Å². The van der Waals surface area contributed by atoms with Gasteiger partial charge >= 0.3 is 0 Å². The Morgan fingerprint density at radius 1 is 0.680 bits per heavy atom. The maximum atomic E-state index is 13.2. The van der Waals surface area contributed by atoms with Crippen LogP contribution in [0.4, 0.5) is 5.69 Å². The number of unbranched alkanes of at least 4 members (excludes halogenated alkanes) is 2. The molecule has 2 aromatic carbocycles. The maximum Gasteiger partial charge on any atom is 0.264 e. The highest BCUT2D eigenvalue weighted by molar-refractivity contribution is 6.26. The number of hydrogen-bond donors (Lipinski definition) is 2. The molecule has 15 nitrogen and oxygen atoms in total. The third-order valence-corrected chi connectivity index (χ3v) is 8.39. The van der Waals surface area contributed by atoms with E-state index in [1.807, 2.05) is 0 Å². The van der Waals surface area contributed by atoms with Gasteiger partial charge in [0.15, 0.2) is 0 Å². The van der Waals surface area contributed by atoms with E-state index in [-0.39, 0.29) is 66.9 Å².